The van der Waals surface area contributed by atoms with Gasteiger partial charge in [-0.05, 0) is 39.4 Å². The number of carbonyl (C=O) groups is 1. The Kier molecular flexibility index (Phi) is 5.93. The van der Waals surface area contributed by atoms with Crippen LogP contribution in [0.5, 0.6) is 5.75 Å². The summed E-state index contributed by atoms with van der Waals surface area (Å²) in [5.74, 6) is 2.40. The van der Waals surface area contributed by atoms with E-state index < -0.39 is 0 Å². The molecule has 0 bridgehead atoms. The lowest BCUT2D eigenvalue weighted by Crippen LogP contribution is -2.42. The van der Waals surface area contributed by atoms with Crippen LogP contribution in [0.15, 0.2) is 34.9 Å². The summed E-state index contributed by atoms with van der Waals surface area (Å²) in [4.78, 5) is 20.9. The van der Waals surface area contributed by atoms with Crippen LogP contribution in [0, 0.1) is 0 Å². The summed E-state index contributed by atoms with van der Waals surface area (Å²) in [7, 11) is 5.49. The summed E-state index contributed by atoms with van der Waals surface area (Å²) in [6, 6.07) is 7.83. The Morgan fingerprint density at radius 1 is 1.35 bits per heavy atom. The van der Waals surface area contributed by atoms with Crippen LogP contribution in [0.1, 0.15) is 42.5 Å². The van der Waals surface area contributed by atoms with E-state index >= 15 is 0 Å². The second kappa shape index (κ2) is 8.36. The number of hydrogen-bond donors (Lipinski definition) is 0. The predicted molar refractivity (Wildman–Crippen MR) is 99.2 cm³/mol. The van der Waals surface area contributed by atoms with Crippen LogP contribution in [0.4, 0.5) is 0 Å². The van der Waals surface area contributed by atoms with Gasteiger partial charge in [-0.15, -0.1) is 0 Å². The van der Waals surface area contributed by atoms with Crippen LogP contribution in [-0.4, -0.2) is 55.0 Å². The van der Waals surface area contributed by atoms with Gasteiger partial charge in [0.05, 0.1) is 19.9 Å². The third kappa shape index (κ3) is 4.25. The van der Waals surface area contributed by atoms with Gasteiger partial charge in [-0.2, -0.15) is 0 Å². The van der Waals surface area contributed by atoms with E-state index in [0.29, 0.717) is 18.9 Å². The molecule has 0 saturated carbocycles. The van der Waals surface area contributed by atoms with Crippen molar-refractivity contribution in [3.63, 3.8) is 0 Å². The Hall–Kier alpha value is -2.34. The Morgan fingerprint density at radius 2 is 2.15 bits per heavy atom. The number of likely N-dealkylation sites (tertiary alicyclic amines) is 1. The molecule has 0 aliphatic carbocycles. The zero-order valence-electron chi connectivity index (χ0n) is 15.8. The van der Waals surface area contributed by atoms with Gasteiger partial charge in [-0.3, -0.25) is 4.79 Å². The highest BCUT2D eigenvalue weighted by Gasteiger charge is 2.31. The molecule has 0 N–H and O–H groups in total. The third-order valence-electron chi connectivity index (χ3n) is 4.69. The molecule has 1 aromatic carbocycles. The number of benzene rings is 1. The molecule has 1 aliphatic heterocycles. The van der Waals surface area contributed by atoms with E-state index in [-0.39, 0.29) is 11.9 Å². The van der Waals surface area contributed by atoms with E-state index in [2.05, 4.69) is 4.98 Å². The average Bonchev–Trinajstić information content (AvgIpc) is 3.10. The number of carbonyl (C=O) groups excluding carboxylic acids is 1. The SMILES string of the molecule is COc1ccccc1Cc1cnc(C2CCCCN2C(=O)CN(C)C)o1. The molecule has 0 spiro atoms. The van der Waals surface area contributed by atoms with Crippen LogP contribution in [0.2, 0.25) is 0 Å². The van der Waals surface area contributed by atoms with Crippen LogP contribution < -0.4 is 4.74 Å². The highest BCUT2D eigenvalue weighted by Crippen LogP contribution is 2.31. The molecule has 1 saturated heterocycles. The normalized spacial score (nSPS) is 17.5. The van der Waals surface area contributed by atoms with Gasteiger partial charge in [-0.1, -0.05) is 18.2 Å². The third-order valence-corrected chi connectivity index (χ3v) is 4.69. The van der Waals surface area contributed by atoms with Crippen LogP contribution in [-0.2, 0) is 11.2 Å². The number of amides is 1. The number of rotatable bonds is 6. The molecule has 26 heavy (non-hydrogen) atoms. The number of hydrogen-bond acceptors (Lipinski definition) is 5. The second-order valence-electron chi connectivity index (χ2n) is 6.99. The van der Waals surface area contributed by atoms with Crippen LogP contribution in [0.3, 0.4) is 0 Å². The quantitative estimate of drug-likeness (QED) is 0.796. The topological polar surface area (TPSA) is 58.8 Å². The number of likely N-dealkylation sites (N-methyl/N-ethyl adjacent to an activating group) is 1. The number of oxazole rings is 1. The molecular weight excluding hydrogens is 330 g/mol. The highest BCUT2D eigenvalue weighted by molar-refractivity contribution is 5.78. The van der Waals surface area contributed by atoms with Gasteiger partial charge in [0.25, 0.3) is 0 Å². The summed E-state index contributed by atoms with van der Waals surface area (Å²) in [5, 5.41) is 0. The van der Waals surface area contributed by atoms with Crippen molar-refractivity contribution in [1.82, 2.24) is 14.8 Å². The van der Waals surface area contributed by atoms with Gasteiger partial charge < -0.3 is 19.0 Å². The van der Waals surface area contributed by atoms with Gasteiger partial charge >= 0.3 is 0 Å². The lowest BCUT2D eigenvalue weighted by atomic mass is 10.0. The maximum Gasteiger partial charge on any atom is 0.237 e. The Bertz CT molecular complexity index is 741. The van der Waals surface area contributed by atoms with Crippen molar-refractivity contribution >= 4 is 5.91 Å². The lowest BCUT2D eigenvalue weighted by Gasteiger charge is -2.34. The van der Waals surface area contributed by atoms with E-state index in [1.807, 2.05) is 48.2 Å². The maximum absolute atomic E-state index is 12.6. The van der Waals surface area contributed by atoms with E-state index in [0.717, 1.165) is 42.9 Å². The number of piperidine rings is 1. The second-order valence-corrected chi connectivity index (χ2v) is 6.99. The molecule has 2 heterocycles. The largest absolute Gasteiger partial charge is 0.496 e. The fourth-order valence-corrected chi connectivity index (χ4v) is 3.44. The molecule has 1 aliphatic rings. The average molecular weight is 357 g/mol. The highest BCUT2D eigenvalue weighted by atomic mass is 16.5. The Morgan fingerprint density at radius 3 is 2.92 bits per heavy atom. The summed E-state index contributed by atoms with van der Waals surface area (Å²) < 4.78 is 11.4. The lowest BCUT2D eigenvalue weighted by molar-refractivity contribution is -0.136. The van der Waals surface area contributed by atoms with Gasteiger partial charge in [0.15, 0.2) is 0 Å². The molecule has 0 radical (unpaired) electrons. The van der Waals surface area contributed by atoms with Gasteiger partial charge in [0, 0.05) is 18.5 Å². The van der Waals surface area contributed by atoms with Gasteiger partial charge in [0.1, 0.15) is 17.6 Å². The fourth-order valence-electron chi connectivity index (χ4n) is 3.44. The zero-order valence-corrected chi connectivity index (χ0v) is 15.8. The molecule has 3 rings (SSSR count). The Balaban J connectivity index is 1.75. The van der Waals surface area contributed by atoms with Gasteiger partial charge in [-0.25, -0.2) is 4.98 Å². The number of para-hydroxylation sites is 1. The smallest absolute Gasteiger partial charge is 0.237 e. The maximum atomic E-state index is 12.6. The first-order chi connectivity index (χ1) is 12.6. The first-order valence-electron chi connectivity index (χ1n) is 9.09. The van der Waals surface area contributed by atoms with E-state index in [9.17, 15) is 4.79 Å². The minimum absolute atomic E-state index is 0.0670. The molecule has 2 aromatic rings. The zero-order chi connectivity index (χ0) is 18.5. The van der Waals surface area contributed by atoms with Crippen molar-refractivity contribution in [2.24, 2.45) is 0 Å². The van der Waals surface area contributed by atoms with Crippen molar-refractivity contribution < 1.29 is 13.9 Å². The number of methoxy groups -OCH3 is 1. The van der Waals surface area contributed by atoms with Gasteiger partial charge in [0.2, 0.25) is 11.8 Å². The van der Waals surface area contributed by atoms with Crippen molar-refractivity contribution in [3.8, 4) is 5.75 Å². The number of aromatic nitrogens is 1. The molecule has 1 fully saturated rings. The first kappa shape index (κ1) is 18.5. The first-order valence-corrected chi connectivity index (χ1v) is 9.09. The minimum atomic E-state index is -0.0670. The standard InChI is InChI=1S/C20H27N3O3/c1-22(2)14-19(24)23-11-7-6-9-17(23)20-21-13-16(26-20)12-15-8-4-5-10-18(15)25-3/h4-5,8,10,13,17H,6-7,9,11-12,14H2,1-3H3. The molecule has 6 heteroatoms. The van der Waals surface area contributed by atoms with E-state index in [1.54, 1.807) is 13.3 Å². The van der Waals surface area contributed by atoms with Crippen LogP contribution in [0.25, 0.3) is 0 Å². The summed E-state index contributed by atoms with van der Waals surface area (Å²) in [6.45, 7) is 1.17. The summed E-state index contributed by atoms with van der Waals surface area (Å²) >= 11 is 0. The molecule has 1 atom stereocenters. The molecule has 6 nitrogen and oxygen atoms in total. The predicted octanol–water partition coefficient (Wildman–Crippen LogP) is 2.89. The van der Waals surface area contributed by atoms with Crippen molar-refractivity contribution in [2.45, 2.75) is 31.7 Å². The molecular formula is C20H27N3O3. The van der Waals surface area contributed by atoms with Crippen molar-refractivity contribution in [2.75, 3.05) is 34.3 Å². The van der Waals surface area contributed by atoms with E-state index in [1.165, 1.54) is 0 Å². The monoisotopic (exact) mass is 357 g/mol. The molecule has 140 valence electrons. The number of ether oxygens (including phenoxy) is 1. The Labute approximate surface area is 154 Å². The molecule has 1 unspecified atom stereocenters. The summed E-state index contributed by atoms with van der Waals surface area (Å²) in [5.41, 5.74) is 1.06. The van der Waals surface area contributed by atoms with E-state index in [4.69, 9.17) is 9.15 Å². The minimum Gasteiger partial charge on any atom is -0.496 e. The van der Waals surface area contributed by atoms with Crippen LogP contribution >= 0.6 is 0 Å². The number of nitrogens with zero attached hydrogens (tertiary/aromatic N) is 3. The molecule has 1 amide bonds. The van der Waals surface area contributed by atoms with Crippen molar-refractivity contribution in [3.05, 3.63) is 47.7 Å². The summed E-state index contributed by atoms with van der Waals surface area (Å²) in [6.07, 6.45) is 5.40. The fraction of sp³-hybridized carbons (Fsp3) is 0.500. The van der Waals surface area contributed by atoms with Crippen molar-refractivity contribution in [1.29, 1.82) is 0 Å². The molecule has 1 aromatic heterocycles.